The normalized spacial score (nSPS) is 12.8. The van der Waals surface area contributed by atoms with Gasteiger partial charge in [0.05, 0.1) is 16.2 Å². The van der Waals surface area contributed by atoms with E-state index in [1.807, 2.05) is 31.2 Å². The van der Waals surface area contributed by atoms with Crippen LogP contribution in [-0.4, -0.2) is 25.1 Å². The number of halogens is 3. The molecule has 0 radical (unpaired) electrons. The number of rotatable bonds is 6. The van der Waals surface area contributed by atoms with Crippen molar-refractivity contribution in [3.05, 3.63) is 68.2 Å². The first-order valence-electron chi connectivity index (χ1n) is 9.97. The van der Waals surface area contributed by atoms with Crippen molar-refractivity contribution >= 4 is 66.5 Å². The summed E-state index contributed by atoms with van der Waals surface area (Å²) in [4.78, 5) is 15.9. The van der Waals surface area contributed by atoms with E-state index in [0.717, 1.165) is 33.5 Å². The van der Waals surface area contributed by atoms with Crippen molar-refractivity contribution in [2.75, 3.05) is 9.62 Å². The van der Waals surface area contributed by atoms with E-state index in [1.165, 1.54) is 10.9 Å². The Morgan fingerprint density at radius 3 is 2.59 bits per heavy atom. The molecule has 1 N–H and O–H groups in total. The molecule has 182 valence electrons. The molecule has 0 aliphatic carbocycles. The quantitative estimate of drug-likeness (QED) is 0.332. The maximum Gasteiger partial charge on any atom is 0.430 e. The maximum atomic E-state index is 15.2. The number of aromatic nitrogens is 1. The molecule has 3 rings (SSSR count). The molecule has 0 aliphatic rings. The summed E-state index contributed by atoms with van der Waals surface area (Å²) in [6, 6.07) is 9.21. The summed E-state index contributed by atoms with van der Waals surface area (Å²) in [7, 11) is -4.74. The minimum Gasteiger partial charge on any atom is -0.443 e. The number of ether oxygens (including phenoxy) is 1. The molecule has 1 aromatic heterocycles. The van der Waals surface area contributed by atoms with Gasteiger partial charge in [0.25, 0.3) is 10.0 Å². The van der Waals surface area contributed by atoms with Gasteiger partial charge in [-0.15, -0.1) is 15.6 Å². The zero-order valence-corrected chi connectivity index (χ0v) is 22.6. The Morgan fingerprint density at radius 1 is 1.29 bits per heavy atom. The van der Waals surface area contributed by atoms with Crippen molar-refractivity contribution in [3.8, 4) is 0 Å². The lowest BCUT2D eigenvalue weighted by atomic mass is 10.1. The highest BCUT2D eigenvalue weighted by Crippen LogP contribution is 2.34. The number of amides is 1. The first-order chi connectivity index (χ1) is 15.8. The van der Waals surface area contributed by atoms with Crippen LogP contribution >= 0.6 is 38.9 Å². The Balaban J connectivity index is 1.99. The Labute approximate surface area is 215 Å². The van der Waals surface area contributed by atoms with Gasteiger partial charge in [0.1, 0.15) is 16.3 Å². The lowest BCUT2D eigenvalue weighted by Crippen LogP contribution is -2.41. The van der Waals surface area contributed by atoms with Crippen molar-refractivity contribution in [3.63, 3.8) is 0 Å². The molecule has 12 heteroatoms. The van der Waals surface area contributed by atoms with Crippen LogP contribution in [0.3, 0.4) is 0 Å². The molecule has 1 heterocycles. The predicted octanol–water partition coefficient (Wildman–Crippen LogP) is 7.00. The van der Waals surface area contributed by atoms with Crippen LogP contribution in [0.2, 0.25) is 5.02 Å². The van der Waals surface area contributed by atoms with Gasteiger partial charge in [0.15, 0.2) is 5.82 Å². The van der Waals surface area contributed by atoms with Crippen LogP contribution in [0, 0.1) is 5.82 Å². The molecule has 3 aromatic rings. The molecule has 0 bridgehead atoms. The Morgan fingerprint density at radius 2 is 2.00 bits per heavy atom. The third-order valence-corrected chi connectivity index (χ3v) is 7.51. The van der Waals surface area contributed by atoms with Crippen LogP contribution in [-0.2, 0) is 14.8 Å². The van der Waals surface area contributed by atoms with Crippen LogP contribution < -0.4 is 9.62 Å². The topological polar surface area (TPSA) is 88.6 Å². The third kappa shape index (κ3) is 6.07. The van der Waals surface area contributed by atoms with Gasteiger partial charge in [-0.1, -0.05) is 39.7 Å². The van der Waals surface area contributed by atoms with E-state index < -0.39 is 32.4 Å². The smallest absolute Gasteiger partial charge is 0.430 e. The Hall–Kier alpha value is -2.21. The zero-order chi connectivity index (χ0) is 25.3. The standard InChI is InChI=1S/C22H22BrClFN3O4S2/c1-13(14-6-5-7-15(23)8-14)27-18-10-17(25)19(9-16(18)24)34(30,31)28(20-11-33-12-26-20)21(29)32-22(2,3)4/h5-13,27H,1-4H3/t13-/m0/s1. The molecule has 0 saturated heterocycles. The maximum absolute atomic E-state index is 15.2. The summed E-state index contributed by atoms with van der Waals surface area (Å²) in [5, 5.41) is 4.39. The van der Waals surface area contributed by atoms with E-state index in [2.05, 4.69) is 26.2 Å². The van der Waals surface area contributed by atoms with Crippen LogP contribution in [0.4, 0.5) is 20.7 Å². The number of hydrogen-bond donors (Lipinski definition) is 1. The van der Waals surface area contributed by atoms with Gasteiger partial charge in [0.2, 0.25) is 0 Å². The highest BCUT2D eigenvalue weighted by molar-refractivity contribution is 9.10. The van der Waals surface area contributed by atoms with Gasteiger partial charge in [0, 0.05) is 15.9 Å². The number of thiazole rings is 1. The fraction of sp³-hybridized carbons (Fsp3) is 0.273. The lowest BCUT2D eigenvalue weighted by Gasteiger charge is -2.26. The fourth-order valence-electron chi connectivity index (χ4n) is 2.95. The fourth-order valence-corrected chi connectivity index (χ4v) is 5.59. The monoisotopic (exact) mass is 589 g/mol. The first-order valence-corrected chi connectivity index (χ1v) is 13.5. The van der Waals surface area contributed by atoms with Gasteiger partial charge in [-0.2, -0.15) is 0 Å². The Kier molecular flexibility index (Phi) is 7.91. The number of nitrogens with zero attached hydrogens (tertiary/aromatic N) is 2. The van der Waals surface area contributed by atoms with Crippen molar-refractivity contribution in [1.29, 1.82) is 0 Å². The van der Waals surface area contributed by atoms with Crippen molar-refractivity contribution in [1.82, 2.24) is 4.98 Å². The van der Waals surface area contributed by atoms with E-state index in [1.54, 1.807) is 20.8 Å². The molecule has 0 unspecified atom stereocenters. The average Bonchev–Trinajstić information content (AvgIpc) is 3.22. The SMILES string of the molecule is C[C@H](Nc1cc(F)c(S(=O)(=O)N(C(=O)OC(C)(C)C)c2cscn2)cc1Cl)c1cccc(Br)c1. The van der Waals surface area contributed by atoms with E-state index in [9.17, 15) is 13.2 Å². The molecule has 1 atom stereocenters. The van der Waals surface area contributed by atoms with E-state index >= 15 is 4.39 Å². The van der Waals surface area contributed by atoms with Crippen molar-refractivity contribution < 1.29 is 22.3 Å². The molecule has 0 spiro atoms. The zero-order valence-electron chi connectivity index (χ0n) is 18.7. The summed E-state index contributed by atoms with van der Waals surface area (Å²) in [6.45, 7) is 6.61. The van der Waals surface area contributed by atoms with E-state index in [-0.39, 0.29) is 22.6 Å². The molecule has 1 amide bonds. The number of benzene rings is 2. The van der Waals surface area contributed by atoms with Crippen LogP contribution in [0.1, 0.15) is 39.3 Å². The van der Waals surface area contributed by atoms with Crippen molar-refractivity contribution in [2.24, 2.45) is 0 Å². The molecule has 0 saturated carbocycles. The van der Waals surface area contributed by atoms with Crippen LogP contribution in [0.15, 0.2) is 56.7 Å². The number of hydrogen-bond acceptors (Lipinski definition) is 7. The molecular formula is C22H22BrClFN3O4S2. The highest BCUT2D eigenvalue weighted by atomic mass is 79.9. The third-order valence-electron chi connectivity index (χ3n) is 4.45. The van der Waals surface area contributed by atoms with Crippen LogP contribution in [0.25, 0.3) is 0 Å². The average molecular weight is 591 g/mol. The predicted molar refractivity (Wildman–Crippen MR) is 136 cm³/mol. The molecule has 0 fully saturated rings. The summed E-state index contributed by atoms with van der Waals surface area (Å²) in [5.74, 6) is -1.29. The lowest BCUT2D eigenvalue weighted by molar-refractivity contribution is 0.0608. The largest absolute Gasteiger partial charge is 0.443 e. The second-order valence-corrected chi connectivity index (χ2v) is 12.1. The number of sulfonamides is 1. The van der Waals surface area contributed by atoms with Gasteiger partial charge in [-0.25, -0.2) is 22.6 Å². The van der Waals surface area contributed by atoms with Gasteiger partial charge < -0.3 is 10.1 Å². The van der Waals surface area contributed by atoms with E-state index in [0.29, 0.717) is 4.31 Å². The second-order valence-electron chi connectivity index (χ2n) is 8.28. The highest BCUT2D eigenvalue weighted by Gasteiger charge is 2.38. The minimum atomic E-state index is -4.74. The summed E-state index contributed by atoms with van der Waals surface area (Å²) >= 11 is 10.8. The molecule has 2 aromatic carbocycles. The molecule has 7 nitrogen and oxygen atoms in total. The van der Waals surface area contributed by atoms with Crippen molar-refractivity contribution in [2.45, 2.75) is 44.2 Å². The van der Waals surface area contributed by atoms with Gasteiger partial charge in [-0.05, 0) is 57.5 Å². The number of carbonyl (C=O) groups is 1. The molecule has 0 aliphatic heterocycles. The summed E-state index contributed by atoms with van der Waals surface area (Å²) in [5.41, 5.74) is 1.46. The molecular weight excluding hydrogens is 569 g/mol. The summed E-state index contributed by atoms with van der Waals surface area (Å²) < 4.78 is 48.4. The number of nitrogens with one attached hydrogen (secondary N) is 1. The summed E-state index contributed by atoms with van der Waals surface area (Å²) in [6.07, 6.45) is -1.21. The van der Waals surface area contributed by atoms with E-state index in [4.69, 9.17) is 16.3 Å². The second kappa shape index (κ2) is 10.2. The number of anilines is 2. The first kappa shape index (κ1) is 26.4. The van der Waals surface area contributed by atoms with Crippen LogP contribution in [0.5, 0.6) is 0 Å². The minimum absolute atomic E-state index is 0.0377. The molecule has 34 heavy (non-hydrogen) atoms. The van der Waals surface area contributed by atoms with Gasteiger partial charge >= 0.3 is 6.09 Å². The Bertz CT molecular complexity index is 1300. The van der Waals surface area contributed by atoms with Gasteiger partial charge in [-0.3, -0.25) is 0 Å². The number of carbonyl (C=O) groups excluding carboxylic acids is 1.